The number of hydrogen-bond acceptors (Lipinski definition) is 5. The monoisotopic (exact) mass is 438 g/mol. The van der Waals surface area contributed by atoms with Crippen LogP contribution >= 0.6 is 11.8 Å². The van der Waals surface area contributed by atoms with E-state index in [1.807, 2.05) is 0 Å². The summed E-state index contributed by atoms with van der Waals surface area (Å²) in [6.07, 6.45) is -4.38. The first-order valence-electron chi connectivity index (χ1n) is 8.82. The number of imide groups is 1. The molecule has 0 aliphatic carbocycles. The van der Waals surface area contributed by atoms with Gasteiger partial charge in [0.1, 0.15) is 6.61 Å². The summed E-state index contributed by atoms with van der Waals surface area (Å²) in [4.78, 5) is 36.8. The molecule has 1 heterocycles. The minimum absolute atomic E-state index is 0.153. The molecular formula is C20H17F3N2O4S. The largest absolute Gasteiger partial charge is 0.411 e. The lowest BCUT2D eigenvalue weighted by Gasteiger charge is -2.13. The molecule has 0 aromatic heterocycles. The predicted octanol–water partition coefficient (Wildman–Crippen LogP) is 4.21. The van der Waals surface area contributed by atoms with Crippen LogP contribution in [-0.4, -0.2) is 40.5 Å². The van der Waals surface area contributed by atoms with Gasteiger partial charge in [-0.2, -0.15) is 13.2 Å². The van der Waals surface area contributed by atoms with Crippen molar-refractivity contribution >= 4 is 34.5 Å². The van der Waals surface area contributed by atoms with E-state index >= 15 is 0 Å². The first-order valence-corrected chi connectivity index (χ1v) is 9.81. The lowest BCUT2D eigenvalue weighted by Crippen LogP contribution is -2.27. The van der Waals surface area contributed by atoms with Crippen molar-refractivity contribution < 1.29 is 32.3 Å². The Labute approximate surface area is 174 Å². The molecule has 1 N–H and O–H groups in total. The number of thioether (sulfide) groups is 1. The number of halogens is 3. The lowest BCUT2D eigenvalue weighted by atomic mass is 10.1. The molecule has 1 aliphatic heterocycles. The fraction of sp³-hybridized carbons (Fsp3) is 0.250. The number of alkyl halides is 3. The van der Waals surface area contributed by atoms with Crippen LogP contribution in [0.5, 0.6) is 0 Å². The van der Waals surface area contributed by atoms with Gasteiger partial charge in [-0.15, -0.1) is 0 Å². The standard InChI is InChI=1S/C20H17F3N2O4S/c21-20(22,23)12-29-10-14-1-5-15(6-2-14)18(27)24-16-7-3-13(4-8-16)9-25-17(26)11-30-19(25)28/h1-8H,9-12H2,(H,24,27). The summed E-state index contributed by atoms with van der Waals surface area (Å²) < 4.78 is 40.8. The van der Waals surface area contributed by atoms with E-state index in [2.05, 4.69) is 10.1 Å². The number of carbonyl (C=O) groups is 3. The van der Waals surface area contributed by atoms with Gasteiger partial charge in [0.2, 0.25) is 5.91 Å². The third-order valence-corrected chi connectivity index (χ3v) is 5.00. The maximum absolute atomic E-state index is 12.3. The zero-order valence-electron chi connectivity index (χ0n) is 15.6. The highest BCUT2D eigenvalue weighted by Gasteiger charge is 2.29. The van der Waals surface area contributed by atoms with E-state index in [1.165, 1.54) is 29.2 Å². The molecular weight excluding hydrogens is 421 g/mol. The highest BCUT2D eigenvalue weighted by Crippen LogP contribution is 2.22. The highest BCUT2D eigenvalue weighted by molar-refractivity contribution is 8.14. The Morgan fingerprint density at radius 2 is 1.67 bits per heavy atom. The normalized spacial score (nSPS) is 14.3. The van der Waals surface area contributed by atoms with E-state index in [9.17, 15) is 27.6 Å². The van der Waals surface area contributed by atoms with Gasteiger partial charge >= 0.3 is 6.18 Å². The molecule has 0 saturated carbocycles. The molecule has 0 radical (unpaired) electrons. The summed E-state index contributed by atoms with van der Waals surface area (Å²) in [6, 6.07) is 12.8. The number of ether oxygens (including phenoxy) is 1. The van der Waals surface area contributed by atoms with Gasteiger partial charge in [-0.05, 0) is 35.4 Å². The molecule has 1 fully saturated rings. The molecule has 10 heteroatoms. The third kappa shape index (κ3) is 6.07. The van der Waals surface area contributed by atoms with Gasteiger partial charge in [0, 0.05) is 11.3 Å². The summed E-state index contributed by atoms with van der Waals surface area (Å²) in [5.41, 5.74) is 2.13. The second-order valence-electron chi connectivity index (χ2n) is 6.49. The second-order valence-corrected chi connectivity index (χ2v) is 7.42. The number of hydrogen-bond donors (Lipinski definition) is 1. The first-order chi connectivity index (χ1) is 14.2. The van der Waals surface area contributed by atoms with Crippen molar-refractivity contribution in [3.8, 4) is 0 Å². The SMILES string of the molecule is O=C(Nc1ccc(CN2C(=O)CSC2=O)cc1)c1ccc(COCC(F)(F)F)cc1. The van der Waals surface area contributed by atoms with Gasteiger partial charge < -0.3 is 10.1 Å². The zero-order chi connectivity index (χ0) is 21.7. The van der Waals surface area contributed by atoms with Crippen LogP contribution in [0.4, 0.5) is 23.7 Å². The number of anilines is 1. The van der Waals surface area contributed by atoms with E-state index in [4.69, 9.17) is 0 Å². The number of benzene rings is 2. The van der Waals surface area contributed by atoms with E-state index < -0.39 is 12.8 Å². The predicted molar refractivity (Wildman–Crippen MR) is 105 cm³/mol. The molecule has 6 nitrogen and oxygen atoms in total. The fourth-order valence-electron chi connectivity index (χ4n) is 2.65. The Bertz CT molecular complexity index is 915. The van der Waals surface area contributed by atoms with Crippen LogP contribution in [-0.2, 0) is 22.7 Å². The van der Waals surface area contributed by atoms with Crippen molar-refractivity contribution in [2.24, 2.45) is 0 Å². The third-order valence-electron chi connectivity index (χ3n) is 4.14. The quantitative estimate of drug-likeness (QED) is 0.701. The van der Waals surface area contributed by atoms with Crippen molar-refractivity contribution in [2.45, 2.75) is 19.3 Å². The van der Waals surface area contributed by atoms with E-state index in [0.717, 1.165) is 17.3 Å². The molecule has 2 aromatic carbocycles. The van der Waals surface area contributed by atoms with Crippen molar-refractivity contribution in [2.75, 3.05) is 17.7 Å². The first kappa shape index (κ1) is 21.8. The summed E-state index contributed by atoms with van der Waals surface area (Å²) in [5, 5.41) is 2.44. The molecule has 0 bridgehead atoms. The molecule has 0 unspecified atom stereocenters. The average Bonchev–Trinajstić information content (AvgIpc) is 3.01. The molecule has 0 spiro atoms. The number of amides is 3. The molecule has 158 valence electrons. The number of nitrogens with one attached hydrogen (secondary N) is 1. The van der Waals surface area contributed by atoms with Crippen LogP contribution in [0.25, 0.3) is 0 Å². The summed E-state index contributed by atoms with van der Waals surface area (Å²) in [5.74, 6) is -0.457. The minimum atomic E-state index is -4.38. The summed E-state index contributed by atoms with van der Waals surface area (Å²) in [7, 11) is 0. The topological polar surface area (TPSA) is 75.7 Å². The van der Waals surface area contributed by atoms with Crippen LogP contribution in [0.15, 0.2) is 48.5 Å². The van der Waals surface area contributed by atoms with E-state index in [0.29, 0.717) is 16.8 Å². The lowest BCUT2D eigenvalue weighted by molar-refractivity contribution is -0.176. The Hall–Kier alpha value is -2.85. The van der Waals surface area contributed by atoms with Gasteiger partial charge in [-0.1, -0.05) is 36.0 Å². The maximum atomic E-state index is 12.3. The molecule has 1 saturated heterocycles. The average molecular weight is 438 g/mol. The second kappa shape index (κ2) is 9.31. The number of rotatable bonds is 7. The Morgan fingerprint density at radius 1 is 1.03 bits per heavy atom. The van der Waals surface area contributed by atoms with Gasteiger partial charge in [0.15, 0.2) is 0 Å². The molecule has 3 amide bonds. The van der Waals surface area contributed by atoms with Gasteiger partial charge in [-0.25, -0.2) is 0 Å². The highest BCUT2D eigenvalue weighted by atomic mass is 32.2. The van der Waals surface area contributed by atoms with Crippen LogP contribution in [0, 0.1) is 0 Å². The van der Waals surface area contributed by atoms with Crippen LogP contribution in [0.2, 0.25) is 0 Å². The zero-order valence-corrected chi connectivity index (χ0v) is 16.4. The van der Waals surface area contributed by atoms with E-state index in [1.54, 1.807) is 24.3 Å². The molecule has 3 rings (SSSR count). The van der Waals surface area contributed by atoms with Crippen LogP contribution in [0.3, 0.4) is 0 Å². The van der Waals surface area contributed by atoms with E-state index in [-0.39, 0.29) is 36.0 Å². The van der Waals surface area contributed by atoms with Crippen molar-refractivity contribution in [3.05, 3.63) is 65.2 Å². The van der Waals surface area contributed by atoms with Crippen molar-refractivity contribution in [1.29, 1.82) is 0 Å². The summed E-state index contributed by atoms with van der Waals surface area (Å²) >= 11 is 0.971. The fourth-order valence-corrected chi connectivity index (χ4v) is 3.38. The van der Waals surface area contributed by atoms with Crippen LogP contribution in [0.1, 0.15) is 21.5 Å². The smallest absolute Gasteiger partial charge is 0.367 e. The molecule has 2 aromatic rings. The summed E-state index contributed by atoms with van der Waals surface area (Å²) in [6.45, 7) is -1.36. The van der Waals surface area contributed by atoms with Gasteiger partial charge in [-0.3, -0.25) is 19.3 Å². The van der Waals surface area contributed by atoms with Gasteiger partial charge in [0.05, 0.1) is 18.9 Å². The minimum Gasteiger partial charge on any atom is -0.367 e. The van der Waals surface area contributed by atoms with Crippen molar-refractivity contribution in [3.63, 3.8) is 0 Å². The Balaban J connectivity index is 1.53. The van der Waals surface area contributed by atoms with Crippen molar-refractivity contribution in [1.82, 2.24) is 4.90 Å². The molecule has 30 heavy (non-hydrogen) atoms. The molecule has 1 aliphatic rings. The Morgan fingerprint density at radius 3 is 2.23 bits per heavy atom. The number of carbonyl (C=O) groups excluding carboxylic acids is 3. The van der Waals surface area contributed by atoms with Gasteiger partial charge in [0.25, 0.3) is 11.1 Å². The molecule has 0 atom stereocenters. The Kier molecular flexibility index (Phi) is 6.78. The van der Waals surface area contributed by atoms with Crippen LogP contribution < -0.4 is 5.32 Å². The maximum Gasteiger partial charge on any atom is 0.411 e. The number of nitrogens with zero attached hydrogens (tertiary/aromatic N) is 1.